The first-order valence-corrected chi connectivity index (χ1v) is 5.74. The second-order valence-corrected chi connectivity index (χ2v) is 4.72. The lowest BCUT2D eigenvalue weighted by Gasteiger charge is -2.39. The lowest BCUT2D eigenvalue weighted by atomic mass is 9.65. The Labute approximate surface area is 98.8 Å². The summed E-state index contributed by atoms with van der Waals surface area (Å²) in [4.78, 5) is 12.0. The van der Waals surface area contributed by atoms with Gasteiger partial charge in [-0.05, 0) is 30.5 Å². The highest BCUT2D eigenvalue weighted by Gasteiger charge is 2.42. The summed E-state index contributed by atoms with van der Waals surface area (Å²) in [5.41, 5.74) is 5.55. The summed E-state index contributed by atoms with van der Waals surface area (Å²) in [6.45, 7) is 0.323. The highest BCUT2D eigenvalue weighted by Crippen LogP contribution is 2.41. The summed E-state index contributed by atoms with van der Waals surface area (Å²) in [5.74, 6) is -1.30. The number of carbonyl (C=O) groups is 1. The van der Waals surface area contributed by atoms with Gasteiger partial charge < -0.3 is 5.73 Å². The molecule has 17 heavy (non-hydrogen) atoms. The monoisotopic (exact) mass is 239 g/mol. The molecule has 1 aromatic carbocycles. The molecule has 0 unspecified atom stereocenters. The summed E-state index contributed by atoms with van der Waals surface area (Å²) in [6.07, 6.45) is 2.65. The summed E-state index contributed by atoms with van der Waals surface area (Å²) in [6, 6.07) is 3.20. The molecule has 0 saturated heterocycles. The van der Waals surface area contributed by atoms with Gasteiger partial charge in [-0.15, -0.1) is 0 Å². The normalized spacial score (nSPS) is 17.6. The van der Waals surface area contributed by atoms with E-state index < -0.39 is 17.0 Å². The van der Waals surface area contributed by atoms with E-state index in [2.05, 4.69) is 0 Å². The summed E-state index contributed by atoms with van der Waals surface area (Å²) < 4.78 is 26.0. The highest BCUT2D eigenvalue weighted by molar-refractivity contribution is 5.87. The maximum absolute atomic E-state index is 13.0. The molecule has 1 fully saturated rings. The third-order valence-electron chi connectivity index (χ3n) is 3.58. The van der Waals surface area contributed by atoms with Crippen LogP contribution in [0.1, 0.15) is 24.8 Å². The molecule has 2 rings (SSSR count). The molecule has 0 heterocycles. The largest absolute Gasteiger partial charge is 0.329 e. The van der Waals surface area contributed by atoms with Crippen LogP contribution in [0, 0.1) is 17.0 Å². The summed E-state index contributed by atoms with van der Waals surface area (Å²) in [5, 5.41) is 0. The second kappa shape index (κ2) is 4.53. The Morgan fingerprint density at radius 2 is 1.82 bits per heavy atom. The third-order valence-corrected chi connectivity index (χ3v) is 3.58. The maximum Gasteiger partial charge on any atom is 0.144 e. The van der Waals surface area contributed by atoms with Crippen LogP contribution in [-0.2, 0) is 11.2 Å². The maximum atomic E-state index is 13.0. The van der Waals surface area contributed by atoms with Crippen LogP contribution in [-0.4, -0.2) is 12.3 Å². The van der Waals surface area contributed by atoms with Crippen molar-refractivity contribution >= 4 is 5.78 Å². The van der Waals surface area contributed by atoms with Gasteiger partial charge in [-0.3, -0.25) is 4.79 Å². The number of rotatable bonds is 4. The Morgan fingerprint density at radius 1 is 1.24 bits per heavy atom. The quantitative estimate of drug-likeness (QED) is 0.875. The molecule has 0 aliphatic heterocycles. The Morgan fingerprint density at radius 3 is 2.24 bits per heavy atom. The predicted molar refractivity (Wildman–Crippen MR) is 60.4 cm³/mol. The van der Waals surface area contributed by atoms with Gasteiger partial charge in [0.2, 0.25) is 0 Å². The predicted octanol–water partition coefficient (Wildman–Crippen LogP) is 2.21. The minimum Gasteiger partial charge on any atom is -0.329 e. The number of carbonyl (C=O) groups excluding carboxylic acids is 1. The summed E-state index contributed by atoms with van der Waals surface area (Å²) in [7, 11) is 0. The number of benzene rings is 1. The average Bonchev–Trinajstić information content (AvgIpc) is 2.14. The van der Waals surface area contributed by atoms with Gasteiger partial charge in [0.1, 0.15) is 17.4 Å². The topological polar surface area (TPSA) is 43.1 Å². The van der Waals surface area contributed by atoms with E-state index in [1.165, 1.54) is 12.1 Å². The van der Waals surface area contributed by atoms with Crippen LogP contribution >= 0.6 is 0 Å². The molecule has 1 aromatic rings. The van der Waals surface area contributed by atoms with E-state index >= 15 is 0 Å². The van der Waals surface area contributed by atoms with E-state index in [0.29, 0.717) is 12.1 Å². The molecule has 0 spiro atoms. The Kier molecular flexibility index (Phi) is 3.24. The molecule has 0 bridgehead atoms. The zero-order chi connectivity index (χ0) is 12.5. The van der Waals surface area contributed by atoms with E-state index in [4.69, 9.17) is 5.73 Å². The molecule has 1 aliphatic rings. The average molecular weight is 239 g/mol. The number of ketones is 1. The second-order valence-electron chi connectivity index (χ2n) is 4.72. The number of hydrogen-bond acceptors (Lipinski definition) is 2. The molecule has 1 aliphatic carbocycles. The minimum absolute atomic E-state index is 0.00347. The molecular formula is C13H15F2NO. The standard InChI is InChI=1S/C13H15F2NO/c14-10-4-9(5-11(15)7-10)6-12(17)13(8-16)2-1-3-13/h4-5,7H,1-3,6,8,16H2. The van der Waals surface area contributed by atoms with Crippen LogP contribution < -0.4 is 5.73 Å². The van der Waals surface area contributed by atoms with E-state index in [-0.39, 0.29) is 12.2 Å². The van der Waals surface area contributed by atoms with E-state index in [9.17, 15) is 13.6 Å². The Balaban J connectivity index is 2.12. The van der Waals surface area contributed by atoms with Gasteiger partial charge in [-0.25, -0.2) is 8.78 Å². The first-order valence-electron chi connectivity index (χ1n) is 5.74. The van der Waals surface area contributed by atoms with Crippen LogP contribution in [0.15, 0.2) is 18.2 Å². The van der Waals surface area contributed by atoms with E-state index in [0.717, 1.165) is 25.3 Å². The zero-order valence-corrected chi connectivity index (χ0v) is 9.51. The van der Waals surface area contributed by atoms with Crippen molar-refractivity contribution in [3.8, 4) is 0 Å². The third kappa shape index (κ3) is 2.36. The molecule has 2 nitrogen and oxygen atoms in total. The molecule has 4 heteroatoms. The molecule has 2 N–H and O–H groups in total. The van der Waals surface area contributed by atoms with Crippen molar-refractivity contribution in [2.75, 3.05) is 6.54 Å². The van der Waals surface area contributed by atoms with Gasteiger partial charge in [0, 0.05) is 24.4 Å². The number of halogens is 2. The van der Waals surface area contributed by atoms with Crippen LogP contribution in [0.5, 0.6) is 0 Å². The first-order chi connectivity index (χ1) is 8.05. The Hall–Kier alpha value is -1.29. The lowest BCUT2D eigenvalue weighted by molar-refractivity contribution is -0.132. The zero-order valence-electron chi connectivity index (χ0n) is 9.51. The fourth-order valence-electron chi connectivity index (χ4n) is 2.29. The number of hydrogen-bond donors (Lipinski definition) is 1. The van der Waals surface area contributed by atoms with E-state index in [1.54, 1.807) is 0 Å². The van der Waals surface area contributed by atoms with Crippen molar-refractivity contribution in [2.45, 2.75) is 25.7 Å². The molecular weight excluding hydrogens is 224 g/mol. The fourth-order valence-corrected chi connectivity index (χ4v) is 2.29. The van der Waals surface area contributed by atoms with Crippen molar-refractivity contribution < 1.29 is 13.6 Å². The van der Waals surface area contributed by atoms with Gasteiger partial charge in [0.25, 0.3) is 0 Å². The SMILES string of the molecule is NCC1(C(=O)Cc2cc(F)cc(F)c2)CCC1. The molecule has 0 aromatic heterocycles. The van der Waals surface area contributed by atoms with Gasteiger partial charge in [-0.1, -0.05) is 6.42 Å². The smallest absolute Gasteiger partial charge is 0.144 e. The molecule has 0 atom stereocenters. The molecule has 92 valence electrons. The van der Waals surface area contributed by atoms with Crippen molar-refractivity contribution in [1.29, 1.82) is 0 Å². The molecule has 0 radical (unpaired) electrons. The number of nitrogens with two attached hydrogens (primary N) is 1. The van der Waals surface area contributed by atoms with Crippen LogP contribution in [0.2, 0.25) is 0 Å². The highest BCUT2D eigenvalue weighted by atomic mass is 19.1. The van der Waals surface area contributed by atoms with Crippen LogP contribution in [0.25, 0.3) is 0 Å². The van der Waals surface area contributed by atoms with Crippen LogP contribution in [0.4, 0.5) is 8.78 Å². The van der Waals surface area contributed by atoms with Crippen molar-refractivity contribution in [3.05, 3.63) is 35.4 Å². The van der Waals surface area contributed by atoms with Gasteiger partial charge >= 0.3 is 0 Å². The summed E-state index contributed by atoms with van der Waals surface area (Å²) >= 11 is 0. The Bertz CT molecular complexity index is 415. The number of Topliss-reactive ketones (excluding diaryl/α,β-unsaturated/α-hetero) is 1. The van der Waals surface area contributed by atoms with Gasteiger partial charge in [0.15, 0.2) is 0 Å². The van der Waals surface area contributed by atoms with Gasteiger partial charge in [-0.2, -0.15) is 0 Å². The fraction of sp³-hybridized carbons (Fsp3) is 0.462. The van der Waals surface area contributed by atoms with Gasteiger partial charge in [0.05, 0.1) is 0 Å². The van der Waals surface area contributed by atoms with Crippen molar-refractivity contribution in [2.24, 2.45) is 11.1 Å². The van der Waals surface area contributed by atoms with Crippen molar-refractivity contribution in [1.82, 2.24) is 0 Å². The lowest BCUT2D eigenvalue weighted by Crippen LogP contribution is -2.45. The van der Waals surface area contributed by atoms with Crippen LogP contribution in [0.3, 0.4) is 0 Å². The molecule has 0 amide bonds. The van der Waals surface area contributed by atoms with E-state index in [1.807, 2.05) is 0 Å². The first kappa shape index (κ1) is 12.2. The van der Waals surface area contributed by atoms with Crippen molar-refractivity contribution in [3.63, 3.8) is 0 Å². The molecule has 1 saturated carbocycles. The minimum atomic E-state index is -0.650.